The molecule has 0 unspecified atom stereocenters. The summed E-state index contributed by atoms with van der Waals surface area (Å²) in [4.78, 5) is 8.42. The average molecular weight is 285 g/mol. The summed E-state index contributed by atoms with van der Waals surface area (Å²) in [6.07, 6.45) is 2.21. The molecule has 0 spiro atoms. The van der Waals surface area contributed by atoms with E-state index in [0.29, 0.717) is 23.7 Å². The molecule has 3 N–H and O–H groups in total. The SMILES string of the molecule is Cc1onc2c1[C@@H](O)CCc1c-2c2c(N)ncnc2n1C. The smallest absolute Gasteiger partial charge is 0.146 e. The molecule has 0 saturated carbocycles. The Morgan fingerprint density at radius 2 is 2.24 bits per heavy atom. The summed E-state index contributed by atoms with van der Waals surface area (Å²) in [6, 6.07) is 0. The zero-order valence-electron chi connectivity index (χ0n) is 11.8. The molecule has 0 aromatic carbocycles. The van der Waals surface area contributed by atoms with Crippen molar-refractivity contribution in [3.63, 3.8) is 0 Å². The minimum atomic E-state index is -0.584. The van der Waals surface area contributed by atoms with Gasteiger partial charge < -0.3 is 19.9 Å². The largest absolute Gasteiger partial charge is 0.388 e. The average Bonchev–Trinajstić information content (AvgIpc) is 2.91. The van der Waals surface area contributed by atoms with E-state index < -0.39 is 6.10 Å². The third-order valence-electron chi connectivity index (χ3n) is 4.25. The minimum Gasteiger partial charge on any atom is -0.388 e. The fraction of sp³-hybridized carbons (Fsp3) is 0.357. The van der Waals surface area contributed by atoms with Crippen molar-refractivity contribution in [3.05, 3.63) is 23.3 Å². The van der Waals surface area contributed by atoms with Crippen LogP contribution < -0.4 is 5.73 Å². The monoisotopic (exact) mass is 285 g/mol. The van der Waals surface area contributed by atoms with Crippen molar-refractivity contribution in [3.8, 4) is 11.3 Å². The summed E-state index contributed by atoms with van der Waals surface area (Å²) < 4.78 is 7.29. The van der Waals surface area contributed by atoms with Crippen molar-refractivity contribution in [2.75, 3.05) is 5.73 Å². The first kappa shape index (κ1) is 12.3. The first-order valence-electron chi connectivity index (χ1n) is 6.82. The van der Waals surface area contributed by atoms with Gasteiger partial charge in [-0.1, -0.05) is 5.16 Å². The van der Waals surface area contributed by atoms with E-state index >= 15 is 0 Å². The second-order valence-corrected chi connectivity index (χ2v) is 5.39. The number of hydrogen-bond donors (Lipinski definition) is 2. The van der Waals surface area contributed by atoms with E-state index in [1.165, 1.54) is 6.33 Å². The number of aliphatic hydroxyl groups is 1. The van der Waals surface area contributed by atoms with E-state index in [1.807, 2.05) is 18.5 Å². The van der Waals surface area contributed by atoms with Crippen LogP contribution in [0.5, 0.6) is 0 Å². The quantitative estimate of drug-likeness (QED) is 0.648. The molecule has 108 valence electrons. The molecule has 0 saturated heterocycles. The number of anilines is 1. The molecular formula is C14H15N5O2. The Bertz CT molecular complexity index is 864. The van der Waals surface area contributed by atoms with Crippen molar-refractivity contribution in [1.29, 1.82) is 0 Å². The molecule has 7 nitrogen and oxygen atoms in total. The maximum Gasteiger partial charge on any atom is 0.146 e. The van der Waals surface area contributed by atoms with E-state index in [4.69, 9.17) is 10.3 Å². The predicted octanol–water partition coefficient (Wildman–Crippen LogP) is 1.49. The van der Waals surface area contributed by atoms with Gasteiger partial charge in [-0.2, -0.15) is 0 Å². The zero-order valence-corrected chi connectivity index (χ0v) is 11.8. The lowest BCUT2D eigenvalue weighted by molar-refractivity contribution is 0.166. The molecular weight excluding hydrogens is 270 g/mol. The Morgan fingerprint density at radius 1 is 1.43 bits per heavy atom. The van der Waals surface area contributed by atoms with Crippen LogP contribution in [0, 0.1) is 6.92 Å². The summed E-state index contributed by atoms with van der Waals surface area (Å²) >= 11 is 0. The Balaban J connectivity index is 2.19. The van der Waals surface area contributed by atoms with Crippen LogP contribution in [0.4, 0.5) is 5.82 Å². The Hall–Kier alpha value is -2.41. The standard InChI is InChI=1S/C14H15N5O2/c1-6-9-8(20)4-3-7-10(12(9)18-21-6)11-13(15)16-5-17-14(11)19(7)2/h5,8,20H,3-4H2,1-2H3,(H2,15,16,17)/t8-/m0/s1. The molecule has 4 rings (SSSR count). The number of rotatable bonds is 0. The van der Waals surface area contributed by atoms with Crippen molar-refractivity contribution in [2.45, 2.75) is 25.9 Å². The summed E-state index contributed by atoms with van der Waals surface area (Å²) in [7, 11) is 1.94. The lowest BCUT2D eigenvalue weighted by Gasteiger charge is -2.07. The van der Waals surface area contributed by atoms with Crippen molar-refractivity contribution >= 4 is 16.9 Å². The van der Waals surface area contributed by atoms with Gasteiger partial charge in [-0.3, -0.25) is 0 Å². The summed E-state index contributed by atoms with van der Waals surface area (Å²) in [5.74, 6) is 1.05. The van der Waals surface area contributed by atoms with E-state index in [9.17, 15) is 5.11 Å². The van der Waals surface area contributed by atoms with Gasteiger partial charge in [0.15, 0.2) is 0 Å². The summed E-state index contributed by atoms with van der Waals surface area (Å²) in [5.41, 5.74) is 10.2. The van der Waals surface area contributed by atoms with Gasteiger partial charge in [0, 0.05) is 18.3 Å². The second-order valence-electron chi connectivity index (χ2n) is 5.39. The third-order valence-corrected chi connectivity index (χ3v) is 4.25. The number of fused-ring (bicyclic) bond motifs is 5. The molecule has 21 heavy (non-hydrogen) atoms. The first-order chi connectivity index (χ1) is 10.1. The van der Waals surface area contributed by atoms with Crippen LogP contribution in [0.2, 0.25) is 0 Å². The zero-order chi connectivity index (χ0) is 14.7. The van der Waals surface area contributed by atoms with Gasteiger partial charge in [-0.25, -0.2) is 9.97 Å². The molecule has 0 amide bonds. The molecule has 3 heterocycles. The lowest BCUT2D eigenvalue weighted by atomic mass is 10.0. The summed E-state index contributed by atoms with van der Waals surface area (Å²) in [6.45, 7) is 1.81. The highest BCUT2D eigenvalue weighted by Gasteiger charge is 2.31. The van der Waals surface area contributed by atoms with Crippen LogP contribution in [-0.2, 0) is 13.5 Å². The van der Waals surface area contributed by atoms with Crippen LogP contribution >= 0.6 is 0 Å². The highest BCUT2D eigenvalue weighted by atomic mass is 16.5. The van der Waals surface area contributed by atoms with E-state index in [2.05, 4.69) is 15.1 Å². The highest BCUT2D eigenvalue weighted by molar-refractivity contribution is 6.02. The highest BCUT2D eigenvalue weighted by Crippen LogP contribution is 2.43. The lowest BCUT2D eigenvalue weighted by Crippen LogP contribution is -2.02. The number of aromatic nitrogens is 4. The van der Waals surface area contributed by atoms with Gasteiger partial charge in [0.05, 0.1) is 17.1 Å². The van der Waals surface area contributed by atoms with E-state index in [0.717, 1.165) is 34.3 Å². The van der Waals surface area contributed by atoms with Gasteiger partial charge in [-0.15, -0.1) is 0 Å². The number of aliphatic hydroxyl groups excluding tert-OH is 1. The molecule has 1 aliphatic rings. The van der Waals surface area contributed by atoms with Crippen LogP contribution in [-0.4, -0.2) is 24.8 Å². The maximum absolute atomic E-state index is 10.4. The topological polar surface area (TPSA) is 103 Å². The molecule has 0 bridgehead atoms. The molecule has 3 aromatic rings. The van der Waals surface area contributed by atoms with Crippen LogP contribution in [0.1, 0.15) is 29.5 Å². The Kier molecular flexibility index (Phi) is 2.38. The number of nitrogen functional groups attached to an aromatic ring is 1. The minimum absolute atomic E-state index is 0.417. The molecule has 1 atom stereocenters. The molecule has 0 aliphatic heterocycles. The van der Waals surface area contributed by atoms with Crippen LogP contribution in [0.3, 0.4) is 0 Å². The van der Waals surface area contributed by atoms with Crippen LogP contribution in [0.25, 0.3) is 22.3 Å². The molecule has 3 aromatic heterocycles. The van der Waals surface area contributed by atoms with Crippen molar-refractivity contribution < 1.29 is 9.63 Å². The summed E-state index contributed by atoms with van der Waals surface area (Å²) in [5, 5.41) is 15.3. The normalized spacial score (nSPS) is 17.6. The van der Waals surface area contributed by atoms with Gasteiger partial charge in [-0.05, 0) is 19.8 Å². The number of aryl methyl sites for hydroxylation is 2. The van der Waals surface area contributed by atoms with Crippen LogP contribution in [0.15, 0.2) is 10.9 Å². The Morgan fingerprint density at radius 3 is 3.05 bits per heavy atom. The van der Waals surface area contributed by atoms with Gasteiger partial charge in [0.25, 0.3) is 0 Å². The molecule has 7 heteroatoms. The number of nitrogens with zero attached hydrogens (tertiary/aromatic N) is 4. The second kappa shape index (κ2) is 4.05. The van der Waals surface area contributed by atoms with Crippen molar-refractivity contribution in [2.24, 2.45) is 7.05 Å². The van der Waals surface area contributed by atoms with E-state index in [-0.39, 0.29) is 0 Å². The first-order valence-corrected chi connectivity index (χ1v) is 6.82. The third kappa shape index (κ3) is 1.49. The molecule has 0 fully saturated rings. The fourth-order valence-electron chi connectivity index (χ4n) is 3.24. The maximum atomic E-state index is 10.4. The number of hydrogen-bond acceptors (Lipinski definition) is 6. The molecule has 1 aliphatic carbocycles. The van der Waals surface area contributed by atoms with Crippen molar-refractivity contribution in [1.82, 2.24) is 19.7 Å². The predicted molar refractivity (Wildman–Crippen MR) is 76.4 cm³/mol. The van der Waals surface area contributed by atoms with Gasteiger partial charge in [0.1, 0.15) is 29.2 Å². The van der Waals surface area contributed by atoms with Gasteiger partial charge >= 0.3 is 0 Å². The Labute approximate surface area is 120 Å². The van der Waals surface area contributed by atoms with Gasteiger partial charge in [0.2, 0.25) is 0 Å². The fourth-order valence-corrected chi connectivity index (χ4v) is 3.24. The van der Waals surface area contributed by atoms with E-state index in [1.54, 1.807) is 0 Å². The number of nitrogens with two attached hydrogens (primary N) is 1. The molecule has 0 radical (unpaired) electrons.